The Morgan fingerprint density at radius 3 is 2.40 bits per heavy atom. The SMILES string of the molecule is CC(C)CCNC(=O)C1CCN(C(=O)CN2CCCC2C(=O)O)CC1. The van der Waals surface area contributed by atoms with Crippen LogP contribution in [0.5, 0.6) is 0 Å². The first kappa shape index (κ1) is 19.7. The van der Waals surface area contributed by atoms with Crippen LogP contribution >= 0.6 is 0 Å². The molecule has 7 nitrogen and oxygen atoms in total. The number of likely N-dealkylation sites (tertiary alicyclic amines) is 2. The molecule has 1 unspecified atom stereocenters. The Morgan fingerprint density at radius 2 is 1.80 bits per heavy atom. The van der Waals surface area contributed by atoms with Gasteiger partial charge in [-0.15, -0.1) is 0 Å². The molecule has 2 N–H and O–H groups in total. The van der Waals surface area contributed by atoms with Crippen molar-refractivity contribution in [2.24, 2.45) is 11.8 Å². The molecule has 0 aromatic rings. The van der Waals surface area contributed by atoms with Gasteiger partial charge < -0.3 is 15.3 Å². The third kappa shape index (κ3) is 5.70. The van der Waals surface area contributed by atoms with E-state index in [-0.39, 0.29) is 24.3 Å². The number of nitrogens with one attached hydrogen (secondary N) is 1. The van der Waals surface area contributed by atoms with Crippen molar-refractivity contribution in [2.75, 3.05) is 32.7 Å². The summed E-state index contributed by atoms with van der Waals surface area (Å²) in [4.78, 5) is 39.3. The quantitative estimate of drug-likeness (QED) is 0.711. The standard InChI is InChI=1S/C18H31N3O4/c1-13(2)5-8-19-17(23)14-6-10-20(11-7-14)16(22)12-21-9-3-4-15(21)18(24)25/h13-15H,3-12H2,1-2H3,(H,19,23)(H,24,25). The summed E-state index contributed by atoms with van der Waals surface area (Å²) >= 11 is 0. The molecule has 0 aromatic heterocycles. The summed E-state index contributed by atoms with van der Waals surface area (Å²) in [6.45, 7) is 6.96. The Hall–Kier alpha value is -1.63. The lowest BCUT2D eigenvalue weighted by atomic mass is 9.95. The number of carboxylic acid groups (broad SMARTS) is 1. The van der Waals surface area contributed by atoms with Crippen LogP contribution in [0.4, 0.5) is 0 Å². The maximum absolute atomic E-state index is 12.4. The number of hydrogen-bond acceptors (Lipinski definition) is 4. The van der Waals surface area contributed by atoms with E-state index in [4.69, 9.17) is 0 Å². The van der Waals surface area contributed by atoms with E-state index in [2.05, 4.69) is 19.2 Å². The molecule has 2 aliphatic rings. The van der Waals surface area contributed by atoms with Crippen LogP contribution in [0.15, 0.2) is 0 Å². The van der Waals surface area contributed by atoms with Crippen molar-refractivity contribution in [3.63, 3.8) is 0 Å². The van der Waals surface area contributed by atoms with Gasteiger partial charge >= 0.3 is 5.97 Å². The van der Waals surface area contributed by atoms with Crippen molar-refractivity contribution in [1.82, 2.24) is 15.1 Å². The Labute approximate surface area is 149 Å². The van der Waals surface area contributed by atoms with Gasteiger partial charge in [0.15, 0.2) is 0 Å². The highest BCUT2D eigenvalue weighted by molar-refractivity contribution is 5.81. The summed E-state index contributed by atoms with van der Waals surface area (Å²) < 4.78 is 0. The lowest BCUT2D eigenvalue weighted by Crippen LogP contribution is -2.48. The van der Waals surface area contributed by atoms with E-state index >= 15 is 0 Å². The average Bonchev–Trinajstić information content (AvgIpc) is 3.03. The zero-order valence-corrected chi connectivity index (χ0v) is 15.4. The average molecular weight is 353 g/mol. The number of carboxylic acids is 1. The van der Waals surface area contributed by atoms with Gasteiger partial charge in [0.1, 0.15) is 6.04 Å². The maximum atomic E-state index is 12.4. The Bertz CT molecular complexity index is 487. The molecule has 0 aliphatic carbocycles. The van der Waals surface area contributed by atoms with Gasteiger partial charge in [0.25, 0.3) is 0 Å². The van der Waals surface area contributed by atoms with Crippen LogP contribution in [-0.4, -0.2) is 71.5 Å². The second-order valence-corrected chi connectivity index (χ2v) is 7.60. The third-order valence-corrected chi connectivity index (χ3v) is 5.23. The van der Waals surface area contributed by atoms with Crippen molar-refractivity contribution >= 4 is 17.8 Å². The van der Waals surface area contributed by atoms with E-state index in [0.29, 0.717) is 51.4 Å². The van der Waals surface area contributed by atoms with Crippen LogP contribution in [0.2, 0.25) is 0 Å². The first-order valence-electron chi connectivity index (χ1n) is 9.40. The number of carbonyl (C=O) groups excluding carboxylic acids is 2. The molecule has 2 saturated heterocycles. The van der Waals surface area contributed by atoms with E-state index in [1.807, 2.05) is 0 Å². The number of aliphatic carboxylic acids is 1. The minimum atomic E-state index is -0.845. The lowest BCUT2D eigenvalue weighted by Gasteiger charge is -2.33. The van der Waals surface area contributed by atoms with E-state index in [0.717, 1.165) is 12.8 Å². The smallest absolute Gasteiger partial charge is 0.320 e. The normalized spacial score (nSPS) is 22.4. The fourth-order valence-electron chi connectivity index (χ4n) is 3.59. The Kier molecular flexibility index (Phi) is 7.23. The fourth-order valence-corrected chi connectivity index (χ4v) is 3.59. The van der Waals surface area contributed by atoms with E-state index < -0.39 is 12.0 Å². The largest absolute Gasteiger partial charge is 0.480 e. The molecule has 0 radical (unpaired) electrons. The van der Waals surface area contributed by atoms with Crippen LogP contribution in [0.3, 0.4) is 0 Å². The molecule has 0 bridgehead atoms. The van der Waals surface area contributed by atoms with Gasteiger partial charge in [-0.2, -0.15) is 0 Å². The van der Waals surface area contributed by atoms with Gasteiger partial charge in [0.05, 0.1) is 6.54 Å². The molecule has 7 heteroatoms. The van der Waals surface area contributed by atoms with E-state index in [1.165, 1.54) is 0 Å². The number of rotatable bonds is 7. The van der Waals surface area contributed by atoms with Crippen LogP contribution in [0, 0.1) is 11.8 Å². The highest BCUT2D eigenvalue weighted by atomic mass is 16.4. The van der Waals surface area contributed by atoms with Gasteiger partial charge in [-0.3, -0.25) is 19.3 Å². The monoisotopic (exact) mass is 353 g/mol. The number of piperidine rings is 1. The maximum Gasteiger partial charge on any atom is 0.320 e. The third-order valence-electron chi connectivity index (χ3n) is 5.23. The summed E-state index contributed by atoms with van der Waals surface area (Å²) in [7, 11) is 0. The molecule has 142 valence electrons. The second-order valence-electron chi connectivity index (χ2n) is 7.60. The van der Waals surface area contributed by atoms with Gasteiger partial charge in [0, 0.05) is 25.6 Å². The predicted molar refractivity (Wildman–Crippen MR) is 94.0 cm³/mol. The highest BCUT2D eigenvalue weighted by Crippen LogP contribution is 2.20. The van der Waals surface area contributed by atoms with Gasteiger partial charge in [-0.05, 0) is 44.6 Å². The van der Waals surface area contributed by atoms with Gasteiger partial charge in [-0.1, -0.05) is 13.8 Å². The molecule has 25 heavy (non-hydrogen) atoms. The molecule has 0 aromatic carbocycles. The Balaban J connectivity index is 1.73. The zero-order chi connectivity index (χ0) is 18.4. The molecule has 2 heterocycles. The minimum Gasteiger partial charge on any atom is -0.480 e. The van der Waals surface area contributed by atoms with Crippen molar-refractivity contribution in [1.29, 1.82) is 0 Å². The number of hydrogen-bond donors (Lipinski definition) is 2. The molecule has 2 fully saturated rings. The summed E-state index contributed by atoms with van der Waals surface area (Å²) in [5.74, 6) is -0.220. The second kappa shape index (κ2) is 9.17. The van der Waals surface area contributed by atoms with Crippen LogP contribution in [0.25, 0.3) is 0 Å². The first-order valence-corrected chi connectivity index (χ1v) is 9.40. The molecular formula is C18H31N3O4. The van der Waals surface area contributed by atoms with Gasteiger partial charge in [0.2, 0.25) is 11.8 Å². The topological polar surface area (TPSA) is 90.0 Å². The van der Waals surface area contributed by atoms with Crippen molar-refractivity contribution in [2.45, 2.75) is 52.0 Å². The molecular weight excluding hydrogens is 322 g/mol. The first-order chi connectivity index (χ1) is 11.9. The van der Waals surface area contributed by atoms with Crippen LogP contribution < -0.4 is 5.32 Å². The van der Waals surface area contributed by atoms with Crippen molar-refractivity contribution in [3.8, 4) is 0 Å². The predicted octanol–water partition coefficient (Wildman–Crippen LogP) is 0.936. The number of nitrogens with zero attached hydrogens (tertiary/aromatic N) is 2. The zero-order valence-electron chi connectivity index (χ0n) is 15.4. The van der Waals surface area contributed by atoms with Crippen LogP contribution in [0.1, 0.15) is 46.0 Å². The highest BCUT2D eigenvalue weighted by Gasteiger charge is 2.34. The number of amides is 2. The molecule has 2 aliphatic heterocycles. The van der Waals surface area contributed by atoms with Crippen molar-refractivity contribution in [3.05, 3.63) is 0 Å². The van der Waals surface area contributed by atoms with Crippen molar-refractivity contribution < 1.29 is 19.5 Å². The summed E-state index contributed by atoms with van der Waals surface area (Å²) in [6.07, 6.45) is 3.77. The summed E-state index contributed by atoms with van der Waals surface area (Å²) in [5.41, 5.74) is 0. The summed E-state index contributed by atoms with van der Waals surface area (Å²) in [5, 5.41) is 12.2. The lowest BCUT2D eigenvalue weighted by molar-refractivity contribution is -0.144. The van der Waals surface area contributed by atoms with Gasteiger partial charge in [-0.25, -0.2) is 0 Å². The minimum absolute atomic E-state index is 0.0187. The molecule has 2 rings (SSSR count). The molecule has 0 spiro atoms. The molecule has 1 atom stereocenters. The number of carbonyl (C=O) groups is 3. The van der Waals surface area contributed by atoms with E-state index in [1.54, 1.807) is 9.80 Å². The van der Waals surface area contributed by atoms with Crippen LogP contribution in [-0.2, 0) is 14.4 Å². The fraction of sp³-hybridized carbons (Fsp3) is 0.833. The molecule has 2 amide bonds. The molecule has 0 saturated carbocycles. The Morgan fingerprint density at radius 1 is 1.12 bits per heavy atom. The summed E-state index contributed by atoms with van der Waals surface area (Å²) in [6, 6.07) is -0.534. The van der Waals surface area contributed by atoms with E-state index in [9.17, 15) is 19.5 Å².